The first-order valence-corrected chi connectivity index (χ1v) is 16.6. The van der Waals surface area contributed by atoms with Crippen molar-refractivity contribution in [1.82, 2.24) is 0 Å². The number of rotatable bonds is 21. The third kappa shape index (κ3) is 12.8. The van der Waals surface area contributed by atoms with E-state index in [2.05, 4.69) is 20.4 Å². The predicted octanol–water partition coefficient (Wildman–Crippen LogP) is 8.55. The third-order valence-electron chi connectivity index (χ3n) is 7.43. The Morgan fingerprint density at radius 3 is 1.71 bits per heavy atom. The highest BCUT2D eigenvalue weighted by molar-refractivity contribution is 6.66. The molecule has 0 aromatic carbocycles. The van der Waals surface area contributed by atoms with Gasteiger partial charge in [-0.05, 0) is 57.0 Å². The lowest BCUT2D eigenvalue weighted by molar-refractivity contribution is 0.163. The SMILES string of the molecule is CCCCCCCCCO[Si](C)(CCC1CCC2OC2C1)OCCCCCCCCC. The van der Waals surface area contributed by atoms with Crippen LogP contribution >= 0.6 is 0 Å². The average Bonchev–Trinajstić information content (AvgIpc) is 3.55. The highest BCUT2D eigenvalue weighted by Gasteiger charge is 2.44. The Labute approximate surface area is 195 Å². The second-order valence-electron chi connectivity index (χ2n) is 10.5. The monoisotopic (exact) mass is 454 g/mol. The summed E-state index contributed by atoms with van der Waals surface area (Å²) in [5, 5.41) is 0. The average molecular weight is 455 g/mol. The molecule has 1 saturated heterocycles. The largest absolute Gasteiger partial charge is 0.394 e. The van der Waals surface area contributed by atoms with Gasteiger partial charge in [-0.1, -0.05) is 90.9 Å². The topological polar surface area (TPSA) is 31.0 Å². The fourth-order valence-corrected chi connectivity index (χ4v) is 7.55. The first-order chi connectivity index (χ1) is 15.2. The molecular formula is C27H54O3Si. The van der Waals surface area contributed by atoms with Crippen LogP contribution in [-0.4, -0.2) is 34.0 Å². The summed E-state index contributed by atoms with van der Waals surface area (Å²) in [5.74, 6) is 0.833. The van der Waals surface area contributed by atoms with E-state index in [4.69, 9.17) is 13.6 Å². The lowest BCUT2D eigenvalue weighted by Crippen LogP contribution is -2.40. The molecule has 1 heterocycles. The number of ether oxygens (including phenoxy) is 1. The zero-order valence-electron chi connectivity index (χ0n) is 21.3. The second-order valence-corrected chi connectivity index (χ2v) is 13.8. The summed E-state index contributed by atoms with van der Waals surface area (Å²) in [4.78, 5) is 0. The molecule has 0 aromatic heterocycles. The normalized spacial score (nSPS) is 23.1. The minimum atomic E-state index is -2.04. The molecule has 0 spiro atoms. The van der Waals surface area contributed by atoms with Gasteiger partial charge in [-0.15, -0.1) is 0 Å². The van der Waals surface area contributed by atoms with Crippen molar-refractivity contribution in [3.8, 4) is 0 Å². The van der Waals surface area contributed by atoms with Gasteiger partial charge in [0.15, 0.2) is 0 Å². The molecule has 184 valence electrons. The van der Waals surface area contributed by atoms with Gasteiger partial charge in [-0.25, -0.2) is 0 Å². The van der Waals surface area contributed by atoms with Gasteiger partial charge in [-0.2, -0.15) is 0 Å². The summed E-state index contributed by atoms with van der Waals surface area (Å²) in [6, 6.07) is 1.17. The molecule has 2 rings (SSSR count). The predicted molar refractivity (Wildman–Crippen MR) is 135 cm³/mol. The summed E-state index contributed by atoms with van der Waals surface area (Å²) in [7, 11) is -2.04. The number of hydrogen-bond acceptors (Lipinski definition) is 3. The molecule has 2 aliphatic rings. The van der Waals surface area contributed by atoms with Gasteiger partial charge >= 0.3 is 8.56 Å². The maximum atomic E-state index is 6.53. The molecule has 1 aliphatic carbocycles. The molecule has 4 heteroatoms. The second kappa shape index (κ2) is 16.7. The van der Waals surface area contributed by atoms with E-state index in [0.29, 0.717) is 12.2 Å². The van der Waals surface area contributed by atoms with Gasteiger partial charge in [0.25, 0.3) is 0 Å². The van der Waals surface area contributed by atoms with Gasteiger partial charge in [0, 0.05) is 13.2 Å². The zero-order valence-corrected chi connectivity index (χ0v) is 22.3. The van der Waals surface area contributed by atoms with E-state index < -0.39 is 8.56 Å². The van der Waals surface area contributed by atoms with Crippen LogP contribution in [-0.2, 0) is 13.6 Å². The van der Waals surface area contributed by atoms with Crippen LogP contribution in [0.3, 0.4) is 0 Å². The lowest BCUT2D eigenvalue weighted by atomic mass is 9.88. The van der Waals surface area contributed by atoms with Crippen LogP contribution in [0.4, 0.5) is 0 Å². The van der Waals surface area contributed by atoms with E-state index >= 15 is 0 Å². The molecule has 0 radical (unpaired) electrons. The van der Waals surface area contributed by atoms with E-state index in [1.807, 2.05) is 0 Å². The minimum Gasteiger partial charge on any atom is -0.394 e. The van der Waals surface area contributed by atoms with Gasteiger partial charge in [0.2, 0.25) is 0 Å². The van der Waals surface area contributed by atoms with Crippen molar-refractivity contribution in [2.24, 2.45) is 5.92 Å². The Morgan fingerprint density at radius 2 is 1.19 bits per heavy atom. The van der Waals surface area contributed by atoms with E-state index in [1.54, 1.807) is 0 Å². The summed E-state index contributed by atoms with van der Waals surface area (Å²) in [6.45, 7) is 8.73. The molecular weight excluding hydrogens is 400 g/mol. The molecule has 1 aliphatic heterocycles. The maximum Gasteiger partial charge on any atom is 0.334 e. The zero-order chi connectivity index (χ0) is 22.2. The number of hydrogen-bond donors (Lipinski definition) is 0. The van der Waals surface area contributed by atoms with Gasteiger partial charge in [-0.3, -0.25) is 0 Å². The van der Waals surface area contributed by atoms with Crippen molar-refractivity contribution >= 4 is 8.56 Å². The lowest BCUT2D eigenvalue weighted by Gasteiger charge is -2.29. The molecule has 31 heavy (non-hydrogen) atoms. The number of fused-ring (bicyclic) bond motifs is 1. The van der Waals surface area contributed by atoms with Crippen LogP contribution in [0.5, 0.6) is 0 Å². The van der Waals surface area contributed by atoms with Gasteiger partial charge < -0.3 is 13.6 Å². The molecule has 0 N–H and O–H groups in total. The molecule has 3 unspecified atom stereocenters. The van der Waals surface area contributed by atoms with Crippen molar-refractivity contribution in [2.75, 3.05) is 13.2 Å². The Hall–Kier alpha value is 0.0969. The van der Waals surface area contributed by atoms with Crippen molar-refractivity contribution in [1.29, 1.82) is 0 Å². The van der Waals surface area contributed by atoms with Crippen molar-refractivity contribution < 1.29 is 13.6 Å². The van der Waals surface area contributed by atoms with Crippen LogP contribution in [0, 0.1) is 5.92 Å². The smallest absolute Gasteiger partial charge is 0.334 e. The minimum absolute atomic E-state index is 0.592. The molecule has 0 amide bonds. The van der Waals surface area contributed by atoms with Crippen LogP contribution < -0.4 is 0 Å². The highest BCUT2D eigenvalue weighted by Crippen LogP contribution is 2.41. The van der Waals surface area contributed by atoms with Crippen LogP contribution in [0.2, 0.25) is 12.6 Å². The first kappa shape index (κ1) is 27.3. The van der Waals surface area contributed by atoms with E-state index in [1.165, 1.54) is 122 Å². The molecule has 3 nitrogen and oxygen atoms in total. The van der Waals surface area contributed by atoms with Crippen molar-refractivity contribution in [2.45, 2.75) is 154 Å². The van der Waals surface area contributed by atoms with Crippen LogP contribution in [0.1, 0.15) is 129 Å². The van der Waals surface area contributed by atoms with Crippen LogP contribution in [0.15, 0.2) is 0 Å². The molecule has 0 bridgehead atoms. The molecule has 1 saturated carbocycles. The van der Waals surface area contributed by atoms with E-state index in [9.17, 15) is 0 Å². The van der Waals surface area contributed by atoms with Gasteiger partial charge in [0.05, 0.1) is 12.2 Å². The number of unbranched alkanes of at least 4 members (excludes halogenated alkanes) is 12. The third-order valence-corrected chi connectivity index (χ3v) is 10.3. The van der Waals surface area contributed by atoms with E-state index in [-0.39, 0.29) is 0 Å². The number of epoxide rings is 1. The quantitative estimate of drug-likeness (QED) is 0.0988. The van der Waals surface area contributed by atoms with Gasteiger partial charge in [0.1, 0.15) is 0 Å². The van der Waals surface area contributed by atoms with Crippen molar-refractivity contribution in [3.05, 3.63) is 0 Å². The standard InChI is InChI=1S/C27H54O3Si/c1-4-6-8-10-12-14-16-21-28-31(3,29-22-17-15-13-11-9-7-5-2)23-20-25-18-19-26-27(24-25)30-26/h25-27H,4-24H2,1-3H3. The Kier molecular flexibility index (Phi) is 14.7. The summed E-state index contributed by atoms with van der Waals surface area (Å²) < 4.78 is 18.8. The fraction of sp³-hybridized carbons (Fsp3) is 1.00. The molecule has 0 aromatic rings. The molecule has 2 fully saturated rings. The summed E-state index contributed by atoms with van der Waals surface area (Å²) >= 11 is 0. The highest BCUT2D eigenvalue weighted by atomic mass is 28.4. The Morgan fingerprint density at radius 1 is 0.677 bits per heavy atom. The maximum absolute atomic E-state index is 6.53. The first-order valence-electron chi connectivity index (χ1n) is 14.1. The fourth-order valence-electron chi connectivity index (χ4n) is 5.10. The summed E-state index contributed by atoms with van der Waals surface area (Å²) in [6.07, 6.45) is 25.2. The summed E-state index contributed by atoms with van der Waals surface area (Å²) in [5.41, 5.74) is 0. The Balaban J connectivity index is 1.61. The molecule has 3 atom stereocenters. The van der Waals surface area contributed by atoms with Crippen molar-refractivity contribution in [3.63, 3.8) is 0 Å². The Bertz CT molecular complexity index is 411. The van der Waals surface area contributed by atoms with E-state index in [0.717, 1.165) is 19.1 Å². The van der Waals surface area contributed by atoms with Crippen LogP contribution in [0.25, 0.3) is 0 Å².